The van der Waals surface area contributed by atoms with Gasteiger partial charge in [0.05, 0.1) is 23.5 Å². The lowest BCUT2D eigenvalue weighted by molar-refractivity contribution is 0.0988. The Morgan fingerprint density at radius 2 is 1.83 bits per heavy atom. The fraction of sp³-hybridized carbons (Fsp3) is 0.0870. The topological polar surface area (TPSA) is 54.8 Å². The van der Waals surface area contributed by atoms with Gasteiger partial charge in [0.2, 0.25) is 5.13 Å². The zero-order valence-corrected chi connectivity index (χ0v) is 17.2. The molecule has 30 heavy (non-hydrogen) atoms. The van der Waals surface area contributed by atoms with Crippen LogP contribution in [0.2, 0.25) is 0 Å². The van der Waals surface area contributed by atoms with Crippen LogP contribution in [-0.4, -0.2) is 24.2 Å². The molecule has 0 saturated heterocycles. The van der Waals surface area contributed by atoms with E-state index in [1.54, 1.807) is 13.3 Å². The lowest BCUT2D eigenvalue weighted by Gasteiger charge is -2.13. The summed E-state index contributed by atoms with van der Waals surface area (Å²) in [6.45, 7) is 2.00. The number of hydrazone groups is 1. The van der Waals surface area contributed by atoms with E-state index in [1.807, 2.05) is 49.4 Å². The molecule has 0 spiro atoms. The SMILES string of the molecule is COc1ccc2nc(N(/N=C/c3ccc(C)cc3)C(=O)c3ccc(F)cc3)sc2c1. The average Bonchev–Trinajstić information content (AvgIpc) is 3.18. The minimum atomic E-state index is -0.409. The summed E-state index contributed by atoms with van der Waals surface area (Å²) in [6, 6.07) is 18.6. The molecule has 0 aliphatic heterocycles. The van der Waals surface area contributed by atoms with Crippen molar-refractivity contribution in [2.75, 3.05) is 12.1 Å². The Kier molecular flexibility index (Phi) is 5.54. The van der Waals surface area contributed by atoms with Crippen LogP contribution in [0.3, 0.4) is 0 Å². The Labute approximate surface area is 177 Å². The van der Waals surface area contributed by atoms with Gasteiger partial charge in [-0.1, -0.05) is 41.2 Å². The third kappa shape index (κ3) is 4.21. The van der Waals surface area contributed by atoms with Gasteiger partial charge in [0.1, 0.15) is 11.6 Å². The first kappa shape index (κ1) is 19.7. The van der Waals surface area contributed by atoms with E-state index in [4.69, 9.17) is 4.74 Å². The van der Waals surface area contributed by atoms with E-state index in [-0.39, 0.29) is 0 Å². The predicted molar refractivity (Wildman–Crippen MR) is 118 cm³/mol. The Bertz CT molecular complexity index is 1220. The highest BCUT2D eigenvalue weighted by atomic mass is 32.1. The fourth-order valence-corrected chi connectivity index (χ4v) is 3.74. The first-order valence-corrected chi connectivity index (χ1v) is 10.0. The summed E-state index contributed by atoms with van der Waals surface area (Å²) in [7, 11) is 1.60. The second kappa shape index (κ2) is 8.42. The molecule has 0 atom stereocenters. The molecule has 1 aromatic heterocycles. The average molecular weight is 419 g/mol. The third-order valence-corrected chi connectivity index (χ3v) is 5.44. The standard InChI is InChI=1S/C23H18FN3O2S/c1-15-3-5-16(6-4-15)14-25-27(22(28)17-7-9-18(24)10-8-17)23-26-20-12-11-19(29-2)13-21(20)30-23/h3-14H,1-2H3/b25-14+. The maximum atomic E-state index is 13.3. The van der Waals surface area contributed by atoms with E-state index in [2.05, 4.69) is 10.1 Å². The molecule has 1 heterocycles. The van der Waals surface area contributed by atoms with Gasteiger partial charge in [-0.15, -0.1) is 0 Å². The number of carbonyl (C=O) groups is 1. The highest BCUT2D eigenvalue weighted by molar-refractivity contribution is 7.22. The van der Waals surface area contributed by atoms with E-state index in [0.717, 1.165) is 21.3 Å². The maximum Gasteiger partial charge on any atom is 0.280 e. The minimum Gasteiger partial charge on any atom is -0.497 e. The third-order valence-electron chi connectivity index (χ3n) is 4.45. The monoisotopic (exact) mass is 419 g/mol. The highest BCUT2D eigenvalue weighted by Gasteiger charge is 2.21. The molecule has 4 rings (SSSR count). The van der Waals surface area contributed by atoms with Crippen LogP contribution in [0.5, 0.6) is 5.75 Å². The van der Waals surface area contributed by atoms with E-state index in [9.17, 15) is 9.18 Å². The van der Waals surface area contributed by atoms with Crippen molar-refractivity contribution >= 4 is 38.8 Å². The number of amides is 1. The van der Waals surface area contributed by atoms with Crippen molar-refractivity contribution in [3.63, 3.8) is 0 Å². The Balaban J connectivity index is 1.75. The molecule has 150 valence electrons. The van der Waals surface area contributed by atoms with E-state index in [0.29, 0.717) is 16.4 Å². The normalized spacial score (nSPS) is 11.2. The van der Waals surface area contributed by atoms with E-state index in [1.165, 1.54) is 40.6 Å². The van der Waals surface area contributed by atoms with Gasteiger partial charge in [0.25, 0.3) is 5.91 Å². The number of hydrogen-bond donors (Lipinski definition) is 0. The van der Waals surface area contributed by atoms with Gasteiger partial charge in [0, 0.05) is 5.56 Å². The van der Waals surface area contributed by atoms with E-state index >= 15 is 0 Å². The number of nitrogens with zero attached hydrogens (tertiary/aromatic N) is 3. The first-order valence-electron chi connectivity index (χ1n) is 9.19. The first-order chi connectivity index (χ1) is 14.5. The number of methoxy groups -OCH3 is 1. The number of rotatable bonds is 5. The van der Waals surface area contributed by atoms with Crippen molar-refractivity contribution in [1.82, 2.24) is 4.98 Å². The Morgan fingerprint density at radius 1 is 1.10 bits per heavy atom. The summed E-state index contributed by atoms with van der Waals surface area (Å²) in [5.41, 5.74) is 3.03. The van der Waals surface area contributed by atoms with Crippen LogP contribution in [0.1, 0.15) is 21.5 Å². The molecule has 0 unspecified atom stereocenters. The highest BCUT2D eigenvalue weighted by Crippen LogP contribution is 2.32. The number of anilines is 1. The molecule has 0 bridgehead atoms. The van der Waals surface area contributed by atoms with Gasteiger partial charge in [-0.2, -0.15) is 10.1 Å². The van der Waals surface area contributed by atoms with Gasteiger partial charge in [0.15, 0.2) is 0 Å². The maximum absolute atomic E-state index is 13.3. The lowest BCUT2D eigenvalue weighted by atomic mass is 10.2. The van der Waals surface area contributed by atoms with E-state index < -0.39 is 11.7 Å². The summed E-state index contributed by atoms with van der Waals surface area (Å²) in [5, 5.41) is 6.07. The number of ether oxygens (including phenoxy) is 1. The lowest BCUT2D eigenvalue weighted by Crippen LogP contribution is -2.25. The van der Waals surface area contributed by atoms with Crippen LogP contribution in [0.4, 0.5) is 9.52 Å². The largest absolute Gasteiger partial charge is 0.497 e. The van der Waals surface area contributed by atoms with Crippen LogP contribution in [-0.2, 0) is 0 Å². The van der Waals surface area contributed by atoms with Crippen molar-refractivity contribution in [2.45, 2.75) is 6.92 Å². The van der Waals surface area contributed by atoms with Crippen molar-refractivity contribution < 1.29 is 13.9 Å². The summed E-state index contributed by atoms with van der Waals surface area (Å²) in [4.78, 5) is 17.7. The number of hydrogen-bond acceptors (Lipinski definition) is 5. The van der Waals surface area contributed by atoms with Crippen molar-refractivity contribution in [3.8, 4) is 5.75 Å². The molecule has 0 saturated carbocycles. The van der Waals surface area contributed by atoms with Crippen molar-refractivity contribution in [2.24, 2.45) is 5.10 Å². The van der Waals surface area contributed by atoms with Crippen molar-refractivity contribution in [1.29, 1.82) is 0 Å². The van der Waals surface area contributed by atoms with Gasteiger partial charge < -0.3 is 4.74 Å². The molecule has 0 aliphatic rings. The zero-order chi connectivity index (χ0) is 21.1. The predicted octanol–water partition coefficient (Wildman–Crippen LogP) is 5.43. The van der Waals surface area contributed by atoms with Crippen LogP contribution in [0, 0.1) is 12.7 Å². The smallest absolute Gasteiger partial charge is 0.280 e. The molecule has 5 nitrogen and oxygen atoms in total. The summed E-state index contributed by atoms with van der Waals surface area (Å²) >= 11 is 1.32. The van der Waals surface area contributed by atoms with Gasteiger partial charge >= 0.3 is 0 Å². The second-order valence-electron chi connectivity index (χ2n) is 6.61. The number of thiazole rings is 1. The molecule has 3 aromatic carbocycles. The molecular weight excluding hydrogens is 401 g/mol. The molecule has 4 aromatic rings. The number of benzene rings is 3. The molecule has 1 amide bonds. The summed E-state index contributed by atoms with van der Waals surface area (Å²) < 4.78 is 19.4. The zero-order valence-electron chi connectivity index (χ0n) is 16.4. The Morgan fingerprint density at radius 3 is 2.53 bits per heavy atom. The molecule has 0 fully saturated rings. The molecule has 0 N–H and O–H groups in total. The van der Waals surface area contributed by atoms with Crippen LogP contribution < -0.4 is 9.75 Å². The summed E-state index contributed by atoms with van der Waals surface area (Å²) in [6.07, 6.45) is 1.60. The van der Waals surface area contributed by atoms with Gasteiger partial charge in [-0.25, -0.2) is 9.37 Å². The van der Waals surface area contributed by atoms with Crippen LogP contribution >= 0.6 is 11.3 Å². The number of halogens is 1. The van der Waals surface area contributed by atoms with Crippen LogP contribution in [0.15, 0.2) is 71.8 Å². The molecule has 0 radical (unpaired) electrons. The quantitative estimate of drug-likeness (QED) is 0.320. The Hall–Kier alpha value is -3.58. The number of aromatic nitrogens is 1. The second-order valence-corrected chi connectivity index (χ2v) is 7.62. The minimum absolute atomic E-state index is 0.314. The summed E-state index contributed by atoms with van der Waals surface area (Å²) in [5.74, 6) is -0.102. The van der Waals surface area contributed by atoms with Gasteiger partial charge in [-0.05, 0) is 55.0 Å². The number of carbonyl (C=O) groups excluding carboxylic acids is 1. The van der Waals surface area contributed by atoms with Crippen LogP contribution in [0.25, 0.3) is 10.2 Å². The molecule has 7 heteroatoms. The number of fused-ring (bicyclic) bond motifs is 1. The number of aryl methyl sites for hydroxylation is 1. The molecular formula is C23H18FN3O2S. The fourth-order valence-electron chi connectivity index (χ4n) is 2.79. The van der Waals surface area contributed by atoms with Gasteiger partial charge in [-0.3, -0.25) is 4.79 Å². The molecule has 0 aliphatic carbocycles. The van der Waals surface area contributed by atoms with Crippen molar-refractivity contribution in [3.05, 3.63) is 89.2 Å².